The van der Waals surface area contributed by atoms with Crippen LogP contribution >= 0.6 is 0 Å². The summed E-state index contributed by atoms with van der Waals surface area (Å²) in [4.78, 5) is 13.1. The topological polar surface area (TPSA) is 214 Å². The molecule has 0 bridgehead atoms. The Morgan fingerprint density at radius 2 is 0.757 bits per heavy atom. The summed E-state index contributed by atoms with van der Waals surface area (Å²) in [5.74, 6) is -0.368. The molecule has 14 heteroatoms. The molecule has 2 fully saturated rings. The highest BCUT2D eigenvalue weighted by Gasteiger charge is 2.47. The molecule has 0 saturated carbocycles. The monoisotopic (exact) mass is 1000 g/mol. The molecule has 2 heterocycles. The summed E-state index contributed by atoms with van der Waals surface area (Å²) in [6, 6.07) is 0. The first-order valence-electron chi connectivity index (χ1n) is 29.1. The standard InChI is InChI=1S/C56H108O14/c1-3-5-7-9-11-13-15-17-19-21-22-24-26-28-30-32-34-36-38-40-65-42-45(68-48(58)39-37-35-33-31-29-27-25-23-20-18-16-14-12-10-8-6-4-2)43-66-55-54(64)52(62)50(60)47(70-55)44-67-56-53(63)51(61)49(59)46(41-57)69-56/h45-47,49-57,59-64H,3-44H2,1-2H3. The van der Waals surface area contributed by atoms with Gasteiger partial charge in [-0.25, -0.2) is 0 Å². The van der Waals surface area contributed by atoms with Crippen LogP contribution in [0.15, 0.2) is 0 Å². The van der Waals surface area contributed by atoms with Gasteiger partial charge in [0.15, 0.2) is 12.6 Å². The lowest BCUT2D eigenvalue weighted by molar-refractivity contribution is -0.332. The van der Waals surface area contributed by atoms with Crippen LogP contribution in [0.1, 0.15) is 251 Å². The van der Waals surface area contributed by atoms with Crippen LogP contribution in [0.3, 0.4) is 0 Å². The van der Waals surface area contributed by atoms with Crippen molar-refractivity contribution in [3.05, 3.63) is 0 Å². The van der Waals surface area contributed by atoms with E-state index in [1.54, 1.807) is 0 Å². The first-order valence-corrected chi connectivity index (χ1v) is 29.1. The minimum Gasteiger partial charge on any atom is -0.457 e. The predicted octanol–water partition coefficient (Wildman–Crippen LogP) is 10.0. The molecule has 2 rings (SSSR count). The van der Waals surface area contributed by atoms with Crippen LogP contribution < -0.4 is 0 Å². The van der Waals surface area contributed by atoms with Crippen molar-refractivity contribution in [2.75, 3.05) is 33.0 Å². The van der Waals surface area contributed by atoms with E-state index in [1.165, 1.54) is 186 Å². The molecule has 11 unspecified atom stereocenters. The fourth-order valence-electron chi connectivity index (χ4n) is 9.64. The highest BCUT2D eigenvalue weighted by Crippen LogP contribution is 2.27. The third-order valence-electron chi connectivity index (χ3n) is 14.4. The molecule has 0 aromatic heterocycles. The quantitative estimate of drug-likeness (QED) is 0.0223. The van der Waals surface area contributed by atoms with Crippen molar-refractivity contribution in [3.63, 3.8) is 0 Å². The summed E-state index contributed by atoms with van der Waals surface area (Å²) < 4.78 is 34.4. The molecule has 0 aromatic carbocycles. The molecule has 0 radical (unpaired) electrons. The molecular formula is C56H108O14. The Hall–Kier alpha value is -1.01. The maximum absolute atomic E-state index is 13.1. The zero-order valence-corrected chi connectivity index (χ0v) is 44.5. The van der Waals surface area contributed by atoms with Crippen molar-refractivity contribution in [3.8, 4) is 0 Å². The Balaban J connectivity index is 1.71. The van der Waals surface area contributed by atoms with Crippen molar-refractivity contribution >= 4 is 5.97 Å². The van der Waals surface area contributed by atoms with Gasteiger partial charge >= 0.3 is 5.97 Å². The van der Waals surface area contributed by atoms with E-state index in [2.05, 4.69) is 13.8 Å². The van der Waals surface area contributed by atoms with E-state index < -0.39 is 80.7 Å². The first kappa shape index (κ1) is 65.1. The van der Waals surface area contributed by atoms with Crippen molar-refractivity contribution in [2.45, 2.75) is 319 Å². The minimum atomic E-state index is -1.70. The number of ether oxygens (including phenoxy) is 6. The van der Waals surface area contributed by atoms with Crippen LogP contribution in [0.25, 0.3) is 0 Å². The predicted molar refractivity (Wildman–Crippen MR) is 275 cm³/mol. The number of unbranched alkanes of at least 4 members (excludes halogenated alkanes) is 34. The van der Waals surface area contributed by atoms with Gasteiger partial charge in [0.2, 0.25) is 0 Å². The van der Waals surface area contributed by atoms with E-state index in [9.17, 15) is 40.5 Å². The maximum atomic E-state index is 13.1. The average molecular weight is 1010 g/mol. The smallest absolute Gasteiger partial charge is 0.306 e. The number of esters is 1. The minimum absolute atomic E-state index is 0.0709. The van der Waals surface area contributed by atoms with Crippen molar-refractivity contribution in [1.82, 2.24) is 0 Å². The van der Waals surface area contributed by atoms with Gasteiger partial charge in [-0.3, -0.25) is 4.79 Å². The summed E-state index contributed by atoms with van der Waals surface area (Å²) in [5.41, 5.74) is 0. The molecular weight excluding hydrogens is 897 g/mol. The highest BCUT2D eigenvalue weighted by atomic mass is 16.7. The van der Waals surface area contributed by atoms with E-state index in [-0.39, 0.29) is 25.6 Å². The number of aliphatic hydroxyl groups excluding tert-OH is 7. The van der Waals surface area contributed by atoms with E-state index in [4.69, 9.17) is 28.4 Å². The molecule has 70 heavy (non-hydrogen) atoms. The molecule has 0 aromatic rings. The number of aliphatic hydroxyl groups is 7. The molecule has 416 valence electrons. The second kappa shape index (κ2) is 44.3. The number of carbonyl (C=O) groups is 1. The van der Waals surface area contributed by atoms with Crippen LogP contribution in [-0.2, 0) is 33.2 Å². The lowest BCUT2D eigenvalue weighted by atomic mass is 9.98. The molecule has 7 N–H and O–H groups in total. The lowest BCUT2D eigenvalue weighted by Gasteiger charge is -2.42. The van der Waals surface area contributed by atoms with Crippen LogP contribution in [-0.4, -0.2) is 142 Å². The Labute approximate surface area is 425 Å². The van der Waals surface area contributed by atoms with Crippen molar-refractivity contribution in [1.29, 1.82) is 0 Å². The SMILES string of the molecule is CCCCCCCCCCCCCCCCCCCCCOCC(COC1OC(COC2OC(CO)C(O)C(O)C2O)C(O)C(O)C1O)OC(=O)CCCCCCCCCCCCCCCCCCC. The normalized spacial score (nSPS) is 25.4. The molecule has 0 amide bonds. The van der Waals surface area contributed by atoms with Gasteiger partial charge in [0.1, 0.15) is 54.9 Å². The van der Waals surface area contributed by atoms with Gasteiger partial charge in [0.05, 0.1) is 26.4 Å². The van der Waals surface area contributed by atoms with Crippen LogP contribution in [0.2, 0.25) is 0 Å². The lowest BCUT2D eigenvalue weighted by Crippen LogP contribution is -2.61. The second-order valence-electron chi connectivity index (χ2n) is 20.8. The Morgan fingerprint density at radius 3 is 1.16 bits per heavy atom. The van der Waals surface area contributed by atoms with Gasteiger partial charge in [-0.05, 0) is 12.8 Å². The largest absolute Gasteiger partial charge is 0.457 e. The first-order chi connectivity index (χ1) is 34.1. The summed E-state index contributed by atoms with van der Waals surface area (Å²) in [6.07, 6.45) is 30.2. The third kappa shape index (κ3) is 31.0. The summed E-state index contributed by atoms with van der Waals surface area (Å²) in [6.45, 7) is 3.76. The number of hydrogen-bond acceptors (Lipinski definition) is 14. The van der Waals surface area contributed by atoms with Gasteiger partial charge in [-0.15, -0.1) is 0 Å². The molecule has 0 aliphatic carbocycles. The van der Waals surface area contributed by atoms with Gasteiger partial charge in [0.25, 0.3) is 0 Å². The zero-order chi connectivity index (χ0) is 50.9. The Bertz CT molecular complexity index is 1170. The van der Waals surface area contributed by atoms with Gasteiger partial charge in [-0.2, -0.15) is 0 Å². The zero-order valence-electron chi connectivity index (χ0n) is 44.5. The molecule has 2 aliphatic rings. The molecule has 2 aliphatic heterocycles. The molecule has 14 nitrogen and oxygen atoms in total. The third-order valence-corrected chi connectivity index (χ3v) is 14.4. The number of rotatable bonds is 48. The maximum Gasteiger partial charge on any atom is 0.306 e. The molecule has 11 atom stereocenters. The van der Waals surface area contributed by atoms with Crippen LogP contribution in [0, 0.1) is 0 Å². The average Bonchev–Trinajstić information content (AvgIpc) is 3.36. The number of carbonyl (C=O) groups excluding carboxylic acids is 1. The van der Waals surface area contributed by atoms with Gasteiger partial charge in [-0.1, -0.05) is 232 Å². The van der Waals surface area contributed by atoms with Crippen molar-refractivity contribution in [2.24, 2.45) is 0 Å². The summed E-state index contributed by atoms with van der Waals surface area (Å²) in [5, 5.41) is 72.3. The highest BCUT2D eigenvalue weighted by molar-refractivity contribution is 5.69. The van der Waals surface area contributed by atoms with Crippen LogP contribution in [0.4, 0.5) is 0 Å². The molecule has 2 saturated heterocycles. The van der Waals surface area contributed by atoms with Gasteiger partial charge < -0.3 is 64.2 Å². The fraction of sp³-hybridized carbons (Fsp3) is 0.982. The second-order valence-corrected chi connectivity index (χ2v) is 20.8. The summed E-state index contributed by atoms with van der Waals surface area (Å²) in [7, 11) is 0. The summed E-state index contributed by atoms with van der Waals surface area (Å²) >= 11 is 0. The van der Waals surface area contributed by atoms with Gasteiger partial charge in [0, 0.05) is 13.0 Å². The van der Waals surface area contributed by atoms with Crippen molar-refractivity contribution < 1.29 is 69.0 Å². The fourth-order valence-corrected chi connectivity index (χ4v) is 9.64. The Kier molecular flexibility index (Phi) is 41.2. The Morgan fingerprint density at radius 1 is 0.414 bits per heavy atom. The van der Waals surface area contributed by atoms with Crippen LogP contribution in [0.5, 0.6) is 0 Å². The number of hydrogen-bond donors (Lipinski definition) is 7. The van der Waals surface area contributed by atoms with E-state index in [0.717, 1.165) is 44.9 Å². The van der Waals surface area contributed by atoms with E-state index >= 15 is 0 Å². The van der Waals surface area contributed by atoms with E-state index in [0.29, 0.717) is 6.61 Å². The molecule has 0 spiro atoms. The van der Waals surface area contributed by atoms with E-state index in [1.807, 2.05) is 0 Å².